The van der Waals surface area contributed by atoms with E-state index in [1.165, 1.54) is 19.2 Å². The predicted octanol–water partition coefficient (Wildman–Crippen LogP) is 2.88. The van der Waals surface area contributed by atoms with Gasteiger partial charge in [0.2, 0.25) is 11.8 Å². The fraction of sp³-hybridized carbons (Fsp3) is 0.556. The quantitative estimate of drug-likeness (QED) is 0.838. The molecule has 1 saturated heterocycles. The third-order valence-corrected chi connectivity index (χ3v) is 4.68. The summed E-state index contributed by atoms with van der Waals surface area (Å²) in [6.07, 6.45) is 3.34. The minimum absolute atomic E-state index is 0.132. The summed E-state index contributed by atoms with van der Waals surface area (Å²) in [7, 11) is 1.35. The van der Waals surface area contributed by atoms with E-state index in [1.54, 1.807) is 11.0 Å². The van der Waals surface area contributed by atoms with Gasteiger partial charge in [0.15, 0.2) is 11.5 Å². The Morgan fingerprint density at radius 2 is 1.96 bits per heavy atom. The number of carbonyl (C=O) groups excluding carboxylic acids is 2. The molecule has 2 fully saturated rings. The Hall–Kier alpha value is -2.38. The number of methoxy groups -OCH3 is 1. The molecule has 1 heterocycles. The number of ether oxygens (including phenoxy) is 2. The highest BCUT2D eigenvalue weighted by atomic mass is 19.3. The zero-order valence-electron chi connectivity index (χ0n) is 14.5. The number of amides is 2. The minimum Gasteiger partial charge on any atom is -0.493 e. The number of nitrogens with one attached hydrogen (secondary N) is 1. The molecule has 2 amide bonds. The van der Waals surface area contributed by atoms with Crippen LogP contribution in [0.5, 0.6) is 11.5 Å². The van der Waals surface area contributed by atoms with Gasteiger partial charge in [0.05, 0.1) is 13.0 Å². The standard InChI is InChI=1S/C18H22F2N2O4/c1-25-14-7-6-13(9-15(14)26-18(19)20)21-16(23)12-3-2-8-22(10-12)17(24)11-4-5-11/h6-7,9,11-12,18H,2-5,8,10H2,1H3,(H,21,23). The molecule has 0 radical (unpaired) electrons. The number of nitrogens with zero attached hydrogens (tertiary/aromatic N) is 1. The summed E-state index contributed by atoms with van der Waals surface area (Å²) in [6, 6.07) is 4.32. The maximum Gasteiger partial charge on any atom is 0.387 e. The number of anilines is 1. The fourth-order valence-electron chi connectivity index (χ4n) is 3.17. The summed E-state index contributed by atoms with van der Waals surface area (Å²) >= 11 is 0. The molecule has 1 aliphatic heterocycles. The van der Waals surface area contributed by atoms with Crippen LogP contribution in [0.4, 0.5) is 14.5 Å². The number of benzene rings is 1. The summed E-state index contributed by atoms with van der Waals surface area (Å²) in [4.78, 5) is 26.5. The Balaban J connectivity index is 1.64. The molecule has 1 unspecified atom stereocenters. The van der Waals surface area contributed by atoms with Gasteiger partial charge in [-0.05, 0) is 37.8 Å². The average Bonchev–Trinajstić information content (AvgIpc) is 3.46. The Morgan fingerprint density at radius 3 is 2.62 bits per heavy atom. The van der Waals surface area contributed by atoms with Crippen molar-refractivity contribution in [3.05, 3.63) is 18.2 Å². The van der Waals surface area contributed by atoms with E-state index in [0.29, 0.717) is 25.2 Å². The van der Waals surface area contributed by atoms with E-state index < -0.39 is 6.61 Å². The molecule has 2 aliphatic rings. The smallest absolute Gasteiger partial charge is 0.387 e. The molecule has 0 bridgehead atoms. The number of hydrogen-bond donors (Lipinski definition) is 1. The molecule has 3 rings (SSSR count). The van der Waals surface area contributed by atoms with Crippen LogP contribution in [-0.2, 0) is 9.59 Å². The Labute approximate surface area is 150 Å². The molecule has 6 nitrogen and oxygen atoms in total. The number of likely N-dealkylation sites (tertiary alicyclic amines) is 1. The monoisotopic (exact) mass is 368 g/mol. The molecule has 142 valence electrons. The molecule has 1 aromatic rings. The summed E-state index contributed by atoms with van der Waals surface area (Å²) in [5.41, 5.74) is 0.345. The first kappa shape index (κ1) is 18.4. The van der Waals surface area contributed by atoms with Gasteiger partial charge < -0.3 is 19.7 Å². The molecule has 1 aliphatic carbocycles. The Morgan fingerprint density at radius 1 is 1.19 bits per heavy atom. The highest BCUT2D eigenvalue weighted by Crippen LogP contribution is 2.34. The fourth-order valence-corrected chi connectivity index (χ4v) is 3.17. The molecule has 8 heteroatoms. The molecule has 1 aromatic carbocycles. The molecule has 0 aromatic heterocycles. The van der Waals surface area contributed by atoms with Crippen molar-refractivity contribution in [3.8, 4) is 11.5 Å². The summed E-state index contributed by atoms with van der Waals surface area (Å²) < 4.78 is 34.4. The van der Waals surface area contributed by atoms with E-state index >= 15 is 0 Å². The van der Waals surface area contributed by atoms with Gasteiger partial charge in [-0.15, -0.1) is 0 Å². The number of hydrogen-bond acceptors (Lipinski definition) is 4. The molecular formula is C18H22F2N2O4. The second-order valence-electron chi connectivity index (χ2n) is 6.63. The molecule has 26 heavy (non-hydrogen) atoms. The zero-order chi connectivity index (χ0) is 18.7. The third kappa shape index (κ3) is 4.42. The van der Waals surface area contributed by atoms with E-state index in [9.17, 15) is 18.4 Å². The van der Waals surface area contributed by atoms with Crippen molar-refractivity contribution in [3.63, 3.8) is 0 Å². The van der Waals surface area contributed by atoms with Gasteiger partial charge in [0, 0.05) is 30.8 Å². The van der Waals surface area contributed by atoms with Crippen molar-refractivity contribution >= 4 is 17.5 Å². The number of carbonyl (C=O) groups is 2. The number of alkyl halides is 2. The lowest BCUT2D eigenvalue weighted by atomic mass is 9.96. The molecule has 1 N–H and O–H groups in total. The average molecular weight is 368 g/mol. The van der Waals surface area contributed by atoms with Crippen LogP contribution < -0.4 is 14.8 Å². The maximum atomic E-state index is 12.5. The highest BCUT2D eigenvalue weighted by molar-refractivity contribution is 5.93. The van der Waals surface area contributed by atoms with Crippen LogP contribution in [0.25, 0.3) is 0 Å². The van der Waals surface area contributed by atoms with E-state index in [4.69, 9.17) is 4.74 Å². The van der Waals surface area contributed by atoms with Crippen molar-refractivity contribution in [1.29, 1.82) is 0 Å². The first-order valence-corrected chi connectivity index (χ1v) is 8.70. The number of rotatable bonds is 6. The SMILES string of the molecule is COc1ccc(NC(=O)C2CCCN(C(=O)C3CC3)C2)cc1OC(F)F. The van der Waals surface area contributed by atoms with Crippen molar-refractivity contribution in [2.24, 2.45) is 11.8 Å². The van der Waals surface area contributed by atoms with Crippen LogP contribution in [0.3, 0.4) is 0 Å². The maximum absolute atomic E-state index is 12.5. The van der Waals surface area contributed by atoms with Crippen LogP contribution in [0.2, 0.25) is 0 Å². The number of piperidine rings is 1. The third-order valence-electron chi connectivity index (χ3n) is 4.68. The van der Waals surface area contributed by atoms with Gasteiger partial charge in [0.1, 0.15) is 0 Å². The lowest BCUT2D eigenvalue weighted by molar-refractivity contribution is -0.135. The van der Waals surface area contributed by atoms with Crippen LogP contribution in [0.1, 0.15) is 25.7 Å². The van der Waals surface area contributed by atoms with Crippen LogP contribution in [-0.4, -0.2) is 43.5 Å². The zero-order valence-corrected chi connectivity index (χ0v) is 14.5. The van der Waals surface area contributed by atoms with E-state index in [1.807, 2.05) is 0 Å². The van der Waals surface area contributed by atoms with Crippen molar-refractivity contribution in [2.45, 2.75) is 32.3 Å². The summed E-state index contributed by atoms with van der Waals surface area (Å²) in [5, 5.41) is 2.72. The van der Waals surface area contributed by atoms with Gasteiger partial charge in [-0.1, -0.05) is 0 Å². The molecule has 1 saturated carbocycles. The van der Waals surface area contributed by atoms with Crippen LogP contribution in [0.15, 0.2) is 18.2 Å². The van der Waals surface area contributed by atoms with Gasteiger partial charge >= 0.3 is 6.61 Å². The lowest BCUT2D eigenvalue weighted by Gasteiger charge is -2.32. The van der Waals surface area contributed by atoms with Gasteiger partial charge in [-0.25, -0.2) is 0 Å². The van der Waals surface area contributed by atoms with E-state index in [0.717, 1.165) is 19.3 Å². The highest BCUT2D eigenvalue weighted by Gasteiger charge is 2.36. The first-order valence-electron chi connectivity index (χ1n) is 8.70. The Bertz CT molecular complexity index is 679. The van der Waals surface area contributed by atoms with E-state index in [-0.39, 0.29) is 35.1 Å². The lowest BCUT2D eigenvalue weighted by Crippen LogP contribution is -2.44. The largest absolute Gasteiger partial charge is 0.493 e. The first-order chi connectivity index (χ1) is 12.5. The van der Waals surface area contributed by atoms with E-state index in [2.05, 4.69) is 10.1 Å². The van der Waals surface area contributed by atoms with Crippen molar-refractivity contribution in [2.75, 3.05) is 25.5 Å². The second kappa shape index (κ2) is 7.88. The van der Waals surface area contributed by atoms with Gasteiger partial charge in [-0.2, -0.15) is 8.78 Å². The van der Waals surface area contributed by atoms with Crippen molar-refractivity contribution in [1.82, 2.24) is 4.90 Å². The summed E-state index contributed by atoms with van der Waals surface area (Å²) in [6.45, 7) is -1.90. The molecule has 0 spiro atoms. The molecule has 1 atom stereocenters. The summed E-state index contributed by atoms with van der Waals surface area (Å²) in [5.74, 6) is -0.261. The second-order valence-corrected chi connectivity index (χ2v) is 6.63. The molecular weight excluding hydrogens is 346 g/mol. The minimum atomic E-state index is -2.99. The van der Waals surface area contributed by atoms with Crippen LogP contribution in [0, 0.1) is 11.8 Å². The van der Waals surface area contributed by atoms with Gasteiger partial charge in [-0.3, -0.25) is 9.59 Å². The van der Waals surface area contributed by atoms with Crippen molar-refractivity contribution < 1.29 is 27.8 Å². The number of halogens is 2. The Kier molecular flexibility index (Phi) is 5.58. The van der Waals surface area contributed by atoms with Gasteiger partial charge in [0.25, 0.3) is 0 Å². The van der Waals surface area contributed by atoms with Crippen LogP contribution >= 0.6 is 0 Å². The normalized spacial score (nSPS) is 20.0. The topological polar surface area (TPSA) is 67.9 Å². The predicted molar refractivity (Wildman–Crippen MR) is 90.3 cm³/mol.